The predicted molar refractivity (Wildman–Crippen MR) is 259 cm³/mol. The normalized spacial score (nSPS) is 16.9. The Kier molecular flexibility index (Phi) is 17.2. The first kappa shape index (κ1) is 49.8. The first-order valence-electron chi connectivity index (χ1n) is 22.9. The van der Waals surface area contributed by atoms with Gasteiger partial charge in [0, 0.05) is 71.7 Å². The summed E-state index contributed by atoms with van der Waals surface area (Å²) in [5.41, 5.74) is -1.50. The average Bonchev–Trinajstić information content (AvgIpc) is 4.16. The molecule has 4 N–H and O–H groups in total. The number of nitrogens with one attached hydrogen (secondary N) is 4. The Bertz CT molecular complexity index is 2500. The number of sulfone groups is 1. The van der Waals surface area contributed by atoms with Gasteiger partial charge in [0.1, 0.15) is 4.90 Å². The zero-order valence-electron chi connectivity index (χ0n) is 36.9. The van der Waals surface area contributed by atoms with Gasteiger partial charge in [0.2, 0.25) is 0 Å². The predicted octanol–water partition coefficient (Wildman–Crippen LogP) is 10.8. The van der Waals surface area contributed by atoms with Gasteiger partial charge in [-0.15, -0.1) is 11.8 Å². The van der Waals surface area contributed by atoms with Crippen LogP contribution in [0.15, 0.2) is 117 Å². The van der Waals surface area contributed by atoms with E-state index in [0.717, 1.165) is 68.6 Å². The van der Waals surface area contributed by atoms with Gasteiger partial charge in [0.05, 0.1) is 10.6 Å². The molecule has 10 nitrogen and oxygen atoms in total. The first-order chi connectivity index (χ1) is 31.7. The quantitative estimate of drug-likeness (QED) is 0.0445. The van der Waals surface area contributed by atoms with Crippen LogP contribution < -0.4 is 20.7 Å². The Morgan fingerprint density at radius 1 is 0.818 bits per heavy atom. The number of thioether (sulfide) groups is 1. The average molecular weight is 987 g/mol. The number of nitrogens with zero attached hydrogens (tertiary/aromatic N) is 1. The molecule has 1 atom stereocenters. The van der Waals surface area contributed by atoms with Gasteiger partial charge in [-0.2, -0.15) is 13.2 Å². The molecule has 0 aliphatic heterocycles. The van der Waals surface area contributed by atoms with E-state index >= 15 is 0 Å². The van der Waals surface area contributed by atoms with Crippen molar-refractivity contribution in [2.45, 2.75) is 109 Å². The number of benzene rings is 4. The topological polar surface area (TPSA) is 137 Å². The lowest BCUT2D eigenvalue weighted by atomic mass is 9.87. The zero-order chi connectivity index (χ0) is 46.7. The summed E-state index contributed by atoms with van der Waals surface area (Å²) in [5.74, 6) is -0.0262. The maximum Gasteiger partial charge on any atom is 0.501 e. The Labute approximate surface area is 396 Å². The molecular weight excluding hydrogens is 927 g/mol. The number of allylic oxidation sites excluding steroid dienone is 1. The molecule has 356 valence electrons. The van der Waals surface area contributed by atoms with Crippen molar-refractivity contribution in [3.63, 3.8) is 0 Å². The van der Waals surface area contributed by atoms with Crippen molar-refractivity contribution >= 4 is 66.1 Å². The SMILES string of the molecule is O=C(NS(=O)(=O)c1ccc(N[C@H](CCN(CC2CCCCC2)C2CC2)CSc2ccccc2)c(S(=O)(=O)C(F)(F)F)c1)c1ccc(NCCNCC2=C(c3ccc(Cl)cc3)CCCC2)cc1. The van der Waals surface area contributed by atoms with E-state index in [0.29, 0.717) is 60.5 Å². The highest BCUT2D eigenvalue weighted by molar-refractivity contribution is 7.99. The van der Waals surface area contributed by atoms with Gasteiger partial charge >= 0.3 is 5.51 Å². The second-order valence-electron chi connectivity index (χ2n) is 17.5. The minimum Gasteiger partial charge on any atom is -0.384 e. The lowest BCUT2D eigenvalue weighted by Gasteiger charge is -2.31. The minimum absolute atomic E-state index is 0.0230. The van der Waals surface area contributed by atoms with E-state index in [1.54, 1.807) is 12.1 Å². The van der Waals surface area contributed by atoms with Crippen LogP contribution >= 0.6 is 23.4 Å². The highest BCUT2D eigenvalue weighted by atomic mass is 35.5. The molecule has 0 heterocycles. The van der Waals surface area contributed by atoms with Crippen LogP contribution in [0.2, 0.25) is 5.02 Å². The molecule has 0 aromatic heterocycles. The van der Waals surface area contributed by atoms with Crippen molar-refractivity contribution in [3.05, 3.63) is 119 Å². The van der Waals surface area contributed by atoms with Crippen LogP contribution in [-0.4, -0.2) is 83.7 Å². The Hall–Kier alpha value is -4.06. The Balaban J connectivity index is 0.999. The van der Waals surface area contributed by atoms with Crippen molar-refractivity contribution in [2.75, 3.05) is 49.1 Å². The molecule has 0 radical (unpaired) electrons. The number of carbonyl (C=O) groups is 1. The third kappa shape index (κ3) is 13.8. The van der Waals surface area contributed by atoms with Crippen molar-refractivity contribution in [2.24, 2.45) is 5.92 Å². The highest BCUT2D eigenvalue weighted by Crippen LogP contribution is 2.38. The van der Waals surface area contributed by atoms with Crippen LogP contribution in [-0.2, 0) is 19.9 Å². The van der Waals surface area contributed by atoms with Crippen molar-refractivity contribution in [1.82, 2.24) is 14.9 Å². The van der Waals surface area contributed by atoms with Crippen molar-refractivity contribution < 1.29 is 34.8 Å². The van der Waals surface area contributed by atoms with Gasteiger partial charge in [-0.3, -0.25) is 4.79 Å². The van der Waals surface area contributed by atoms with Crippen LogP contribution in [0.25, 0.3) is 5.57 Å². The van der Waals surface area contributed by atoms with Gasteiger partial charge in [0.25, 0.3) is 25.8 Å². The van der Waals surface area contributed by atoms with Crippen LogP contribution in [0.1, 0.15) is 93.0 Å². The van der Waals surface area contributed by atoms with E-state index in [-0.39, 0.29) is 11.3 Å². The molecule has 0 spiro atoms. The summed E-state index contributed by atoms with van der Waals surface area (Å²) < 4.78 is 98.2. The van der Waals surface area contributed by atoms with E-state index in [2.05, 4.69) is 33.0 Å². The minimum atomic E-state index is -6.05. The summed E-state index contributed by atoms with van der Waals surface area (Å²) in [4.78, 5) is 14.6. The summed E-state index contributed by atoms with van der Waals surface area (Å²) >= 11 is 7.59. The summed E-state index contributed by atoms with van der Waals surface area (Å²) in [6.07, 6.45) is 13.1. The standard InChI is InChI=1S/C49H59ClF3N5O5S3/c50-39-19-15-36(16-20-39)45-14-8-7-11-38(45)32-54-28-29-55-40-21-17-37(18-22-40)48(59)57-66(62,63)44-25-26-46(47(31-44)65(60,61)49(51,52)53)56-41(34-64-43-12-5-2-6-13-43)27-30-58(42-23-24-42)33-35-9-3-1-4-10-35/h2,5-6,12-13,15-22,25-26,31,35,41-42,54-56H,1,3-4,7-11,14,23-24,27-30,32-34H2,(H,57,59)/t41-/m1/s1. The Morgan fingerprint density at radius 3 is 2.23 bits per heavy atom. The summed E-state index contributed by atoms with van der Waals surface area (Å²) in [6, 6.07) is 26.0. The van der Waals surface area contributed by atoms with Gasteiger partial charge in [-0.05, 0) is 142 Å². The molecule has 66 heavy (non-hydrogen) atoms. The van der Waals surface area contributed by atoms with E-state index in [1.807, 2.05) is 47.2 Å². The number of rotatable bonds is 22. The molecule has 4 aromatic rings. The molecule has 2 fully saturated rings. The van der Waals surface area contributed by atoms with Crippen LogP contribution in [0.3, 0.4) is 0 Å². The van der Waals surface area contributed by atoms with Crippen molar-refractivity contribution in [3.8, 4) is 0 Å². The first-order valence-corrected chi connectivity index (χ1v) is 27.2. The molecule has 7 rings (SSSR count). The van der Waals surface area contributed by atoms with Gasteiger partial charge in [-0.1, -0.05) is 66.8 Å². The van der Waals surface area contributed by atoms with Crippen LogP contribution in [0.5, 0.6) is 0 Å². The summed E-state index contributed by atoms with van der Waals surface area (Å²) in [7, 11) is -10.9. The maximum atomic E-state index is 14.3. The third-order valence-electron chi connectivity index (χ3n) is 12.6. The largest absolute Gasteiger partial charge is 0.501 e. The number of amides is 1. The molecule has 1 amide bonds. The second-order valence-corrected chi connectivity index (χ2v) is 22.6. The number of hydrogen-bond donors (Lipinski definition) is 4. The van der Waals surface area contributed by atoms with Crippen molar-refractivity contribution in [1.29, 1.82) is 0 Å². The number of halogens is 4. The fourth-order valence-electron chi connectivity index (χ4n) is 8.83. The molecule has 0 saturated heterocycles. The van der Waals surface area contributed by atoms with E-state index in [1.165, 1.54) is 72.7 Å². The van der Waals surface area contributed by atoms with E-state index in [4.69, 9.17) is 11.6 Å². The summed E-state index contributed by atoms with van der Waals surface area (Å²) in [6.45, 7) is 3.62. The Morgan fingerprint density at radius 2 is 1.53 bits per heavy atom. The number of alkyl halides is 3. The molecule has 3 aliphatic rings. The smallest absolute Gasteiger partial charge is 0.384 e. The molecule has 2 saturated carbocycles. The lowest BCUT2D eigenvalue weighted by Crippen LogP contribution is -2.37. The van der Waals surface area contributed by atoms with E-state index < -0.39 is 47.1 Å². The second kappa shape index (κ2) is 22.8. The molecular formula is C49H59ClF3N5O5S3. The number of hydrogen-bond acceptors (Lipinski definition) is 10. The molecule has 17 heteroatoms. The zero-order valence-corrected chi connectivity index (χ0v) is 40.1. The fourth-order valence-corrected chi connectivity index (χ4v) is 12.0. The van der Waals surface area contributed by atoms with Gasteiger partial charge in [-0.25, -0.2) is 21.6 Å². The number of anilines is 2. The highest BCUT2D eigenvalue weighted by Gasteiger charge is 2.48. The van der Waals surface area contributed by atoms with Gasteiger partial charge in [0.15, 0.2) is 0 Å². The summed E-state index contributed by atoms with van der Waals surface area (Å²) in [5, 5.41) is 10.6. The molecule has 0 unspecified atom stereocenters. The lowest BCUT2D eigenvalue weighted by molar-refractivity contribution is -0.0435. The van der Waals surface area contributed by atoms with E-state index in [9.17, 15) is 34.8 Å². The number of carbonyl (C=O) groups excluding carboxylic acids is 1. The number of sulfonamides is 1. The van der Waals surface area contributed by atoms with Crippen LogP contribution in [0, 0.1) is 5.92 Å². The molecule has 3 aliphatic carbocycles. The van der Waals surface area contributed by atoms with Crippen LogP contribution in [0.4, 0.5) is 24.5 Å². The molecule has 0 bridgehead atoms. The van der Waals surface area contributed by atoms with Gasteiger partial charge < -0.3 is 20.9 Å². The monoisotopic (exact) mass is 985 g/mol. The fraction of sp³-hybridized carbons (Fsp3) is 0.449. The molecule has 4 aromatic carbocycles. The third-order valence-corrected chi connectivity index (χ3v) is 16.9. The maximum absolute atomic E-state index is 14.3.